The summed E-state index contributed by atoms with van der Waals surface area (Å²) in [5, 5.41) is 13.5. The molecule has 29 heavy (non-hydrogen) atoms. The number of amides is 2. The molecule has 2 aliphatic rings. The molecule has 15 heteroatoms. The van der Waals surface area contributed by atoms with Gasteiger partial charge in [0.05, 0.1) is 0 Å². The molecule has 0 aromatic carbocycles. The molecule has 0 saturated carbocycles. The van der Waals surface area contributed by atoms with E-state index in [-0.39, 0.29) is 23.2 Å². The average Bonchev–Trinajstić information content (AvgIpc) is 2.61. The second-order valence-electron chi connectivity index (χ2n) is 5.71. The van der Waals surface area contributed by atoms with Crippen molar-refractivity contribution in [3.8, 4) is 0 Å². The van der Waals surface area contributed by atoms with Gasteiger partial charge in [0, 0.05) is 18.2 Å². The maximum atomic E-state index is 12.5. The number of thiocarbonyl (C=S) groups is 1. The summed E-state index contributed by atoms with van der Waals surface area (Å²) >= 11 is 22.6. The predicted molar refractivity (Wildman–Crippen MR) is 109 cm³/mol. The monoisotopic (exact) mass is 505 g/mol. The number of alkyl halides is 3. The highest BCUT2D eigenvalue weighted by atomic mass is 35.6. The van der Waals surface area contributed by atoms with Gasteiger partial charge in [-0.3, -0.25) is 19.8 Å². The number of carbonyl (C=O) groups is 4. The fourth-order valence-electron chi connectivity index (χ4n) is 2.44. The number of carboxylic acids is 1. The highest BCUT2D eigenvalue weighted by Gasteiger charge is 2.54. The smallest absolute Gasteiger partial charge is 0.413 e. The maximum absolute atomic E-state index is 12.5. The molecule has 0 bridgehead atoms. The number of hydrogen-bond donors (Lipinski definition) is 3. The molecule has 10 nitrogen and oxygen atoms in total. The highest BCUT2D eigenvalue weighted by Crippen LogP contribution is 2.40. The number of carboxylic acid groups (broad SMARTS) is 1. The van der Waals surface area contributed by atoms with E-state index in [0.717, 1.165) is 4.90 Å². The highest BCUT2D eigenvalue weighted by molar-refractivity contribution is 8.00. The van der Waals surface area contributed by atoms with Crippen molar-refractivity contribution >= 4 is 87.8 Å². The minimum Gasteiger partial charge on any atom is -0.477 e. The van der Waals surface area contributed by atoms with Gasteiger partial charge in [0.25, 0.3) is 5.91 Å². The molecule has 160 valence electrons. The van der Waals surface area contributed by atoms with Crippen molar-refractivity contribution in [2.45, 2.75) is 22.1 Å². The van der Waals surface area contributed by atoms with Crippen LogP contribution in [-0.2, 0) is 23.9 Å². The summed E-state index contributed by atoms with van der Waals surface area (Å²) in [4.78, 5) is 47.7. The van der Waals surface area contributed by atoms with E-state index in [1.165, 1.54) is 18.7 Å². The number of alkyl carbamates (subject to hydrolysis) is 1. The summed E-state index contributed by atoms with van der Waals surface area (Å²) in [6.07, 6.45) is -0.997. The van der Waals surface area contributed by atoms with Crippen molar-refractivity contribution in [1.82, 2.24) is 15.5 Å². The third-order valence-corrected chi connectivity index (χ3v) is 5.46. The number of aliphatic carboxylic acids is 1. The van der Waals surface area contributed by atoms with E-state index in [9.17, 15) is 24.3 Å². The number of thioether (sulfide) groups is 1. The van der Waals surface area contributed by atoms with Crippen LogP contribution in [0.2, 0.25) is 0 Å². The van der Waals surface area contributed by atoms with E-state index in [2.05, 4.69) is 15.4 Å². The molecular formula is C14H14Cl3N3O7S2. The lowest BCUT2D eigenvalue weighted by Gasteiger charge is -2.49. The van der Waals surface area contributed by atoms with Gasteiger partial charge in [0.15, 0.2) is 5.11 Å². The summed E-state index contributed by atoms with van der Waals surface area (Å²) in [5.74, 6) is -2.23. The fourth-order valence-corrected chi connectivity index (χ4v) is 4.14. The van der Waals surface area contributed by atoms with E-state index in [0.29, 0.717) is 5.57 Å². The number of nitrogens with one attached hydrogen (secondary N) is 2. The molecule has 0 aromatic heterocycles. The number of halogens is 3. The quantitative estimate of drug-likeness (QED) is 0.216. The van der Waals surface area contributed by atoms with E-state index >= 15 is 0 Å². The Morgan fingerprint density at radius 3 is 2.55 bits per heavy atom. The zero-order valence-corrected chi connectivity index (χ0v) is 18.5. The first-order valence-electron chi connectivity index (χ1n) is 7.75. The first-order valence-corrected chi connectivity index (χ1v) is 10.3. The summed E-state index contributed by atoms with van der Waals surface area (Å²) < 4.78 is 7.71. The van der Waals surface area contributed by atoms with Gasteiger partial charge >= 0.3 is 18.0 Å². The molecule has 0 spiro atoms. The second-order valence-corrected chi connectivity index (χ2v) is 9.74. The topological polar surface area (TPSA) is 134 Å². The molecule has 0 aromatic rings. The molecule has 1 saturated heterocycles. The van der Waals surface area contributed by atoms with Gasteiger partial charge < -0.3 is 19.9 Å². The molecule has 0 aliphatic carbocycles. The Balaban J connectivity index is 1.98. The Labute approximate surface area is 189 Å². The number of ether oxygens (including phenoxy) is 2. The molecule has 2 heterocycles. The molecule has 2 amide bonds. The number of hydrogen-bond acceptors (Lipinski definition) is 8. The molecule has 0 unspecified atom stereocenters. The number of β-lactam (4-membered cyclic amide) rings is 1. The van der Waals surface area contributed by atoms with Crippen LogP contribution in [0.4, 0.5) is 4.79 Å². The Bertz CT molecular complexity index is 787. The van der Waals surface area contributed by atoms with Crippen LogP contribution < -0.4 is 10.6 Å². The predicted octanol–water partition coefficient (Wildman–Crippen LogP) is 1.14. The van der Waals surface area contributed by atoms with Gasteiger partial charge in [-0.2, -0.15) is 0 Å². The van der Waals surface area contributed by atoms with E-state index in [1.807, 2.05) is 0 Å². The lowest BCUT2D eigenvalue weighted by molar-refractivity contribution is -0.148. The zero-order chi connectivity index (χ0) is 21.9. The third-order valence-electron chi connectivity index (χ3n) is 3.57. The third kappa shape index (κ3) is 6.25. The Hall–Kier alpha value is -1.47. The van der Waals surface area contributed by atoms with Crippen molar-refractivity contribution in [2.24, 2.45) is 0 Å². The summed E-state index contributed by atoms with van der Waals surface area (Å²) in [6, 6.07) is -0.870. The Kier molecular flexibility index (Phi) is 7.85. The van der Waals surface area contributed by atoms with Crippen LogP contribution in [0.3, 0.4) is 0 Å². The first kappa shape index (κ1) is 23.8. The van der Waals surface area contributed by atoms with E-state index in [4.69, 9.17) is 51.8 Å². The summed E-state index contributed by atoms with van der Waals surface area (Å²) in [6.45, 7) is 0.451. The van der Waals surface area contributed by atoms with Crippen LogP contribution in [0.15, 0.2) is 11.3 Å². The fraction of sp³-hybridized carbons (Fsp3) is 0.500. The molecule has 2 aliphatic heterocycles. The molecule has 3 N–H and O–H groups in total. The zero-order valence-electron chi connectivity index (χ0n) is 14.6. The van der Waals surface area contributed by atoms with Crippen LogP contribution in [0.5, 0.6) is 0 Å². The number of rotatable bonds is 5. The second kappa shape index (κ2) is 9.56. The van der Waals surface area contributed by atoms with Crippen LogP contribution in [-0.4, -0.2) is 73.2 Å². The van der Waals surface area contributed by atoms with E-state index < -0.39 is 45.8 Å². The minimum absolute atomic E-state index is 0.218. The minimum atomic E-state index is -1.79. The van der Waals surface area contributed by atoms with Gasteiger partial charge in [-0.15, -0.1) is 11.8 Å². The molecule has 0 radical (unpaired) electrons. The van der Waals surface area contributed by atoms with Crippen molar-refractivity contribution in [1.29, 1.82) is 0 Å². The SMILES string of the molecule is CC(=O)OCC1=C(C(=O)O)N2C(=O)[C@H](NC(=S)NC(=O)OCC(Cl)(Cl)Cl)[C@@H]2SC1. The van der Waals surface area contributed by atoms with Gasteiger partial charge in [0.2, 0.25) is 3.79 Å². The number of nitrogens with zero attached hydrogens (tertiary/aromatic N) is 1. The molecule has 2 rings (SSSR count). The van der Waals surface area contributed by atoms with Gasteiger partial charge in [-0.05, 0) is 12.2 Å². The van der Waals surface area contributed by atoms with Gasteiger partial charge in [0.1, 0.15) is 30.3 Å². The normalized spacial score (nSPS) is 21.0. The van der Waals surface area contributed by atoms with Crippen LogP contribution >= 0.6 is 58.8 Å². The average molecular weight is 507 g/mol. The van der Waals surface area contributed by atoms with Gasteiger partial charge in [-0.1, -0.05) is 34.8 Å². The molecule has 1 fully saturated rings. The van der Waals surface area contributed by atoms with E-state index in [1.54, 1.807) is 0 Å². The molecule has 2 atom stereocenters. The summed E-state index contributed by atoms with van der Waals surface area (Å²) in [5.41, 5.74) is 0.0655. The number of carbonyl (C=O) groups excluding carboxylic acids is 3. The lowest BCUT2D eigenvalue weighted by atomic mass is 10.0. The maximum Gasteiger partial charge on any atom is 0.413 e. The summed E-state index contributed by atoms with van der Waals surface area (Å²) in [7, 11) is 0. The van der Waals surface area contributed by atoms with Crippen molar-refractivity contribution in [2.75, 3.05) is 19.0 Å². The number of esters is 1. The van der Waals surface area contributed by atoms with Gasteiger partial charge in [-0.25, -0.2) is 9.59 Å². The van der Waals surface area contributed by atoms with Crippen LogP contribution in [0, 0.1) is 0 Å². The lowest BCUT2D eigenvalue weighted by Crippen LogP contribution is -2.71. The largest absolute Gasteiger partial charge is 0.477 e. The first-order chi connectivity index (χ1) is 13.4. The van der Waals surface area contributed by atoms with Crippen molar-refractivity contribution in [3.63, 3.8) is 0 Å². The standard InChI is InChI=1S/C14H14Cl3N3O7S2/c1-5(21)26-2-6-3-29-10-7(9(22)20(10)8(6)11(23)24)18-12(28)19-13(25)27-4-14(15,16)17/h7,10H,2-4H2,1H3,(H,23,24)(H2,18,19,25,28)/t7-,10-/m0/s1. The Morgan fingerprint density at radius 1 is 1.34 bits per heavy atom. The molecular weight excluding hydrogens is 493 g/mol. The van der Waals surface area contributed by atoms with Crippen LogP contribution in [0.1, 0.15) is 6.92 Å². The number of fused-ring (bicyclic) bond motifs is 1. The van der Waals surface area contributed by atoms with Crippen molar-refractivity contribution < 1.29 is 33.8 Å². The Morgan fingerprint density at radius 2 is 2.00 bits per heavy atom. The van der Waals surface area contributed by atoms with Crippen LogP contribution in [0.25, 0.3) is 0 Å². The van der Waals surface area contributed by atoms with Crippen molar-refractivity contribution in [3.05, 3.63) is 11.3 Å².